The summed E-state index contributed by atoms with van der Waals surface area (Å²) < 4.78 is 0. The summed E-state index contributed by atoms with van der Waals surface area (Å²) in [6, 6.07) is 2.54. The summed E-state index contributed by atoms with van der Waals surface area (Å²) in [5.41, 5.74) is 5.90. The second-order valence-electron chi connectivity index (χ2n) is 4.65. The highest BCUT2D eigenvalue weighted by Gasteiger charge is 2.21. The number of nitrogens with zero attached hydrogens (tertiary/aromatic N) is 2. The SMILES string of the molecule is CC(N)C1CCN(CCCCC#N)CC1. The largest absolute Gasteiger partial charge is 0.328 e. The molecule has 0 saturated carbocycles. The molecule has 1 atom stereocenters. The molecule has 1 rings (SSSR count). The van der Waals surface area contributed by atoms with Crippen LogP contribution in [-0.4, -0.2) is 30.6 Å². The first-order valence-corrected chi connectivity index (χ1v) is 6.09. The van der Waals surface area contributed by atoms with Crippen LogP contribution in [0.3, 0.4) is 0 Å². The van der Waals surface area contributed by atoms with Crippen LogP contribution >= 0.6 is 0 Å². The molecule has 0 spiro atoms. The van der Waals surface area contributed by atoms with E-state index in [1.165, 1.54) is 25.9 Å². The molecule has 2 N–H and O–H groups in total. The number of likely N-dealkylation sites (tertiary alicyclic amines) is 1. The molecule has 1 aliphatic rings. The highest BCUT2D eigenvalue weighted by molar-refractivity contribution is 4.77. The van der Waals surface area contributed by atoms with Crippen molar-refractivity contribution in [3.05, 3.63) is 0 Å². The van der Waals surface area contributed by atoms with Crippen LogP contribution in [0.5, 0.6) is 0 Å². The minimum atomic E-state index is 0.353. The van der Waals surface area contributed by atoms with Crippen LogP contribution in [0.2, 0.25) is 0 Å². The van der Waals surface area contributed by atoms with Gasteiger partial charge < -0.3 is 10.6 Å². The van der Waals surface area contributed by atoms with Crippen molar-refractivity contribution in [2.75, 3.05) is 19.6 Å². The zero-order valence-corrected chi connectivity index (χ0v) is 9.78. The van der Waals surface area contributed by atoms with E-state index < -0.39 is 0 Å². The van der Waals surface area contributed by atoms with E-state index in [2.05, 4.69) is 17.9 Å². The van der Waals surface area contributed by atoms with Gasteiger partial charge in [-0.05, 0) is 58.2 Å². The number of rotatable bonds is 5. The Morgan fingerprint density at radius 3 is 2.60 bits per heavy atom. The maximum absolute atomic E-state index is 8.42. The Labute approximate surface area is 93.2 Å². The average molecular weight is 209 g/mol. The summed E-state index contributed by atoms with van der Waals surface area (Å²) in [5.74, 6) is 0.723. The Morgan fingerprint density at radius 2 is 2.07 bits per heavy atom. The molecule has 0 bridgehead atoms. The molecule has 1 saturated heterocycles. The van der Waals surface area contributed by atoms with Gasteiger partial charge in [0.25, 0.3) is 0 Å². The van der Waals surface area contributed by atoms with Gasteiger partial charge in [-0.25, -0.2) is 0 Å². The molecule has 3 nitrogen and oxygen atoms in total. The molecular weight excluding hydrogens is 186 g/mol. The minimum absolute atomic E-state index is 0.353. The summed E-state index contributed by atoms with van der Waals surface area (Å²) in [4.78, 5) is 2.51. The monoisotopic (exact) mass is 209 g/mol. The Kier molecular flexibility index (Phi) is 5.67. The van der Waals surface area contributed by atoms with Gasteiger partial charge in [0.2, 0.25) is 0 Å². The standard InChI is InChI=1S/C12H23N3/c1-11(14)12-5-9-15(10-6-12)8-4-2-3-7-13/h11-12H,2-6,8-10,14H2,1H3. The van der Waals surface area contributed by atoms with E-state index in [0.29, 0.717) is 12.5 Å². The quantitative estimate of drug-likeness (QED) is 0.702. The molecule has 86 valence electrons. The first-order chi connectivity index (χ1) is 7.24. The van der Waals surface area contributed by atoms with Crippen LogP contribution in [0.25, 0.3) is 0 Å². The number of hydrogen-bond donors (Lipinski definition) is 1. The summed E-state index contributed by atoms with van der Waals surface area (Å²) in [6.45, 7) is 5.66. The van der Waals surface area contributed by atoms with E-state index in [1.54, 1.807) is 0 Å². The highest BCUT2D eigenvalue weighted by atomic mass is 15.1. The van der Waals surface area contributed by atoms with Gasteiger partial charge in [0.05, 0.1) is 6.07 Å². The van der Waals surface area contributed by atoms with Gasteiger partial charge >= 0.3 is 0 Å². The van der Waals surface area contributed by atoms with Gasteiger partial charge in [-0.2, -0.15) is 5.26 Å². The molecule has 0 aromatic heterocycles. The molecule has 0 amide bonds. The molecule has 0 aliphatic carbocycles. The highest BCUT2D eigenvalue weighted by Crippen LogP contribution is 2.19. The number of nitrogens with two attached hydrogens (primary N) is 1. The zero-order chi connectivity index (χ0) is 11.1. The molecule has 3 heteroatoms. The molecule has 0 radical (unpaired) electrons. The molecule has 1 heterocycles. The third-order valence-electron chi connectivity index (χ3n) is 3.39. The van der Waals surface area contributed by atoms with Crippen LogP contribution in [0.4, 0.5) is 0 Å². The predicted molar refractivity (Wildman–Crippen MR) is 62.3 cm³/mol. The van der Waals surface area contributed by atoms with Crippen LogP contribution in [-0.2, 0) is 0 Å². The Balaban J connectivity index is 2.07. The van der Waals surface area contributed by atoms with Crippen LogP contribution < -0.4 is 5.73 Å². The third-order valence-corrected chi connectivity index (χ3v) is 3.39. The van der Waals surface area contributed by atoms with Crippen LogP contribution in [0, 0.1) is 17.2 Å². The van der Waals surface area contributed by atoms with E-state index >= 15 is 0 Å². The van der Waals surface area contributed by atoms with Crippen molar-refractivity contribution in [1.29, 1.82) is 5.26 Å². The fraction of sp³-hybridized carbons (Fsp3) is 0.917. The van der Waals surface area contributed by atoms with Gasteiger partial charge in [-0.1, -0.05) is 0 Å². The van der Waals surface area contributed by atoms with Gasteiger partial charge in [-0.3, -0.25) is 0 Å². The second-order valence-corrected chi connectivity index (χ2v) is 4.65. The van der Waals surface area contributed by atoms with Crippen molar-refractivity contribution in [2.24, 2.45) is 11.7 Å². The van der Waals surface area contributed by atoms with E-state index in [9.17, 15) is 0 Å². The second kappa shape index (κ2) is 6.81. The first-order valence-electron chi connectivity index (χ1n) is 6.09. The minimum Gasteiger partial charge on any atom is -0.328 e. The number of nitriles is 1. The fourth-order valence-electron chi connectivity index (χ4n) is 2.24. The average Bonchev–Trinajstić information content (AvgIpc) is 2.25. The number of piperidine rings is 1. The molecular formula is C12H23N3. The molecule has 1 unspecified atom stereocenters. The smallest absolute Gasteiger partial charge is 0.0621 e. The number of unbranched alkanes of at least 4 members (excludes halogenated alkanes) is 2. The lowest BCUT2D eigenvalue weighted by molar-refractivity contribution is 0.170. The Morgan fingerprint density at radius 1 is 1.40 bits per heavy atom. The first kappa shape index (κ1) is 12.5. The van der Waals surface area contributed by atoms with E-state index in [1.807, 2.05) is 0 Å². The van der Waals surface area contributed by atoms with Gasteiger partial charge in [0.15, 0.2) is 0 Å². The van der Waals surface area contributed by atoms with Gasteiger partial charge in [0, 0.05) is 12.5 Å². The lowest BCUT2D eigenvalue weighted by Crippen LogP contribution is -2.40. The summed E-state index contributed by atoms with van der Waals surface area (Å²) in [5, 5.41) is 8.42. The number of hydrogen-bond acceptors (Lipinski definition) is 3. The van der Waals surface area contributed by atoms with Crippen molar-refractivity contribution in [3.63, 3.8) is 0 Å². The molecule has 1 fully saturated rings. The maximum Gasteiger partial charge on any atom is 0.0621 e. The van der Waals surface area contributed by atoms with Crippen molar-refractivity contribution >= 4 is 0 Å². The Hall–Kier alpha value is -0.590. The third kappa shape index (κ3) is 4.63. The lowest BCUT2D eigenvalue weighted by Gasteiger charge is -2.33. The summed E-state index contributed by atoms with van der Waals surface area (Å²) in [6.07, 6.45) is 5.41. The molecule has 0 aromatic carbocycles. The van der Waals surface area contributed by atoms with E-state index in [4.69, 9.17) is 11.0 Å². The van der Waals surface area contributed by atoms with Crippen molar-refractivity contribution in [1.82, 2.24) is 4.90 Å². The normalized spacial score (nSPS) is 21.1. The maximum atomic E-state index is 8.42. The topological polar surface area (TPSA) is 53.0 Å². The van der Waals surface area contributed by atoms with Crippen molar-refractivity contribution in [2.45, 2.75) is 45.1 Å². The van der Waals surface area contributed by atoms with Gasteiger partial charge in [-0.15, -0.1) is 0 Å². The van der Waals surface area contributed by atoms with E-state index in [-0.39, 0.29) is 0 Å². The predicted octanol–water partition coefficient (Wildman–Crippen LogP) is 1.74. The molecule has 0 aromatic rings. The van der Waals surface area contributed by atoms with Crippen LogP contribution in [0.1, 0.15) is 39.0 Å². The molecule has 1 aliphatic heterocycles. The van der Waals surface area contributed by atoms with E-state index in [0.717, 1.165) is 25.3 Å². The van der Waals surface area contributed by atoms with Crippen molar-refractivity contribution in [3.8, 4) is 6.07 Å². The zero-order valence-electron chi connectivity index (χ0n) is 9.78. The fourth-order valence-corrected chi connectivity index (χ4v) is 2.24. The summed E-state index contributed by atoms with van der Waals surface area (Å²) in [7, 11) is 0. The van der Waals surface area contributed by atoms with Crippen molar-refractivity contribution < 1.29 is 0 Å². The summed E-state index contributed by atoms with van der Waals surface area (Å²) >= 11 is 0. The Bertz CT molecular complexity index is 199. The lowest BCUT2D eigenvalue weighted by atomic mass is 9.91. The van der Waals surface area contributed by atoms with Crippen LogP contribution in [0.15, 0.2) is 0 Å². The molecule has 15 heavy (non-hydrogen) atoms. The van der Waals surface area contributed by atoms with Gasteiger partial charge in [0.1, 0.15) is 0 Å².